The van der Waals surface area contributed by atoms with Crippen LogP contribution in [0.1, 0.15) is 13.3 Å². The summed E-state index contributed by atoms with van der Waals surface area (Å²) < 4.78 is 13.0. The van der Waals surface area contributed by atoms with Gasteiger partial charge >= 0.3 is 0 Å². The van der Waals surface area contributed by atoms with Crippen LogP contribution in [-0.2, 0) is 0 Å². The fourth-order valence-corrected chi connectivity index (χ4v) is 1.80. The number of nitrogens with one attached hydrogen (secondary N) is 1. The molecule has 0 saturated carbocycles. The lowest BCUT2D eigenvalue weighted by molar-refractivity contribution is 0.628. The lowest BCUT2D eigenvalue weighted by Gasteiger charge is -2.25. The number of hydrogen-bond donors (Lipinski definition) is 1. The van der Waals surface area contributed by atoms with Gasteiger partial charge in [-0.25, -0.2) is 4.39 Å². The van der Waals surface area contributed by atoms with Crippen molar-refractivity contribution in [1.82, 2.24) is 0 Å². The zero-order chi connectivity index (χ0) is 10.1. The molecule has 1 aromatic carbocycles. The number of nitrogens with zero attached hydrogens (tertiary/aromatic N) is 1. The molecule has 1 atom stereocenters. The van der Waals surface area contributed by atoms with Gasteiger partial charge in [-0.2, -0.15) is 0 Å². The van der Waals surface area contributed by atoms with E-state index < -0.39 is 0 Å². The fourth-order valence-electron chi connectivity index (χ4n) is 1.80. The van der Waals surface area contributed by atoms with E-state index in [1.807, 2.05) is 6.07 Å². The minimum Gasteiger partial charge on any atom is -0.383 e. The summed E-state index contributed by atoms with van der Waals surface area (Å²) in [6, 6.07) is 5.40. The molecule has 2 nitrogen and oxygen atoms in total. The summed E-state index contributed by atoms with van der Waals surface area (Å²) in [6.45, 7) is 3.09. The van der Waals surface area contributed by atoms with Crippen LogP contribution in [0.3, 0.4) is 0 Å². The molecule has 1 aliphatic heterocycles. The monoisotopic (exact) mass is 194 g/mol. The number of anilines is 2. The third-order valence-electron chi connectivity index (χ3n) is 2.88. The van der Waals surface area contributed by atoms with Gasteiger partial charge in [-0.1, -0.05) is 0 Å². The molecule has 0 saturated heterocycles. The molecule has 3 heteroatoms. The van der Waals surface area contributed by atoms with E-state index in [4.69, 9.17) is 0 Å². The SMILES string of the molecule is CC1CCNc2cc(F)ccc2N1C. The maximum Gasteiger partial charge on any atom is 0.125 e. The third-order valence-corrected chi connectivity index (χ3v) is 2.88. The van der Waals surface area contributed by atoms with E-state index in [0.717, 1.165) is 24.3 Å². The lowest BCUT2D eigenvalue weighted by Crippen LogP contribution is -2.28. The smallest absolute Gasteiger partial charge is 0.125 e. The Balaban J connectivity index is 2.43. The van der Waals surface area contributed by atoms with Gasteiger partial charge in [0.05, 0.1) is 11.4 Å². The number of hydrogen-bond acceptors (Lipinski definition) is 2. The second-order valence-electron chi connectivity index (χ2n) is 3.84. The summed E-state index contributed by atoms with van der Waals surface area (Å²) in [7, 11) is 2.05. The standard InChI is InChI=1S/C11H15FN2/c1-8-5-6-13-10-7-9(12)3-4-11(10)14(8)2/h3-4,7-8,13H,5-6H2,1-2H3. The van der Waals surface area contributed by atoms with Gasteiger partial charge in [-0.05, 0) is 31.5 Å². The average Bonchev–Trinajstić information content (AvgIpc) is 2.28. The highest BCUT2D eigenvalue weighted by atomic mass is 19.1. The second-order valence-corrected chi connectivity index (χ2v) is 3.84. The Morgan fingerprint density at radius 2 is 2.29 bits per heavy atom. The molecular weight excluding hydrogens is 179 g/mol. The summed E-state index contributed by atoms with van der Waals surface area (Å²) >= 11 is 0. The number of rotatable bonds is 0. The Morgan fingerprint density at radius 3 is 3.07 bits per heavy atom. The van der Waals surface area contributed by atoms with Crippen molar-refractivity contribution in [3.63, 3.8) is 0 Å². The molecular formula is C11H15FN2. The van der Waals surface area contributed by atoms with Crippen LogP contribution in [0.5, 0.6) is 0 Å². The molecule has 0 amide bonds. The second kappa shape index (κ2) is 3.48. The zero-order valence-electron chi connectivity index (χ0n) is 8.55. The van der Waals surface area contributed by atoms with Crippen LogP contribution in [0.2, 0.25) is 0 Å². The van der Waals surface area contributed by atoms with Crippen LogP contribution in [0.15, 0.2) is 18.2 Å². The highest BCUT2D eigenvalue weighted by molar-refractivity contribution is 5.70. The van der Waals surface area contributed by atoms with Crippen LogP contribution in [0.25, 0.3) is 0 Å². The van der Waals surface area contributed by atoms with Crippen molar-refractivity contribution in [2.45, 2.75) is 19.4 Å². The average molecular weight is 194 g/mol. The van der Waals surface area contributed by atoms with Gasteiger partial charge in [0, 0.05) is 19.6 Å². The molecule has 76 valence electrons. The summed E-state index contributed by atoms with van der Waals surface area (Å²) in [5.41, 5.74) is 1.98. The molecule has 0 aliphatic carbocycles. The molecule has 14 heavy (non-hydrogen) atoms. The van der Waals surface area contributed by atoms with E-state index in [1.165, 1.54) is 6.07 Å². The number of benzene rings is 1. The molecule has 0 spiro atoms. The topological polar surface area (TPSA) is 15.3 Å². The van der Waals surface area contributed by atoms with Crippen molar-refractivity contribution < 1.29 is 4.39 Å². The van der Waals surface area contributed by atoms with Gasteiger partial charge in [0.15, 0.2) is 0 Å². The normalized spacial score (nSPS) is 21.1. The van der Waals surface area contributed by atoms with E-state index in [9.17, 15) is 4.39 Å². The van der Waals surface area contributed by atoms with Crippen molar-refractivity contribution in [2.75, 3.05) is 23.8 Å². The van der Waals surface area contributed by atoms with Gasteiger partial charge in [0.1, 0.15) is 5.82 Å². The Morgan fingerprint density at radius 1 is 1.50 bits per heavy atom. The van der Waals surface area contributed by atoms with Crippen LogP contribution in [0.4, 0.5) is 15.8 Å². The number of halogens is 1. The van der Waals surface area contributed by atoms with Crippen molar-refractivity contribution >= 4 is 11.4 Å². The van der Waals surface area contributed by atoms with Crippen molar-refractivity contribution in [3.8, 4) is 0 Å². The highest BCUT2D eigenvalue weighted by Gasteiger charge is 2.17. The Kier molecular flexibility index (Phi) is 2.32. The van der Waals surface area contributed by atoms with E-state index in [2.05, 4.69) is 24.2 Å². The highest BCUT2D eigenvalue weighted by Crippen LogP contribution is 2.30. The van der Waals surface area contributed by atoms with E-state index in [-0.39, 0.29) is 5.82 Å². The molecule has 1 N–H and O–H groups in total. The van der Waals surface area contributed by atoms with Crippen molar-refractivity contribution in [1.29, 1.82) is 0 Å². The Hall–Kier alpha value is -1.25. The molecule has 0 bridgehead atoms. The van der Waals surface area contributed by atoms with E-state index >= 15 is 0 Å². The fraction of sp³-hybridized carbons (Fsp3) is 0.455. The number of fused-ring (bicyclic) bond motifs is 1. The first-order valence-corrected chi connectivity index (χ1v) is 4.95. The quantitative estimate of drug-likeness (QED) is 0.682. The van der Waals surface area contributed by atoms with Gasteiger partial charge in [-0.3, -0.25) is 0 Å². The Labute approximate surface area is 83.7 Å². The largest absolute Gasteiger partial charge is 0.383 e. The predicted molar refractivity (Wildman–Crippen MR) is 57.4 cm³/mol. The molecule has 1 aromatic rings. The maximum atomic E-state index is 13.0. The molecule has 0 radical (unpaired) electrons. The van der Waals surface area contributed by atoms with E-state index in [1.54, 1.807) is 6.07 Å². The van der Waals surface area contributed by atoms with Crippen molar-refractivity contribution in [3.05, 3.63) is 24.0 Å². The van der Waals surface area contributed by atoms with Crippen LogP contribution < -0.4 is 10.2 Å². The lowest BCUT2D eigenvalue weighted by atomic mass is 10.2. The van der Waals surface area contributed by atoms with Crippen LogP contribution >= 0.6 is 0 Å². The minimum atomic E-state index is -0.181. The summed E-state index contributed by atoms with van der Waals surface area (Å²) in [6.07, 6.45) is 1.08. The molecule has 2 rings (SSSR count). The summed E-state index contributed by atoms with van der Waals surface area (Å²) in [5, 5.41) is 3.25. The summed E-state index contributed by atoms with van der Waals surface area (Å²) in [5.74, 6) is -0.181. The first kappa shape index (κ1) is 9.31. The predicted octanol–water partition coefficient (Wildman–Crippen LogP) is 2.47. The van der Waals surface area contributed by atoms with Crippen LogP contribution in [0, 0.1) is 5.82 Å². The maximum absolute atomic E-state index is 13.0. The minimum absolute atomic E-state index is 0.181. The van der Waals surface area contributed by atoms with E-state index in [0.29, 0.717) is 6.04 Å². The van der Waals surface area contributed by atoms with Gasteiger partial charge in [0.2, 0.25) is 0 Å². The van der Waals surface area contributed by atoms with Crippen molar-refractivity contribution in [2.24, 2.45) is 0 Å². The first-order valence-electron chi connectivity index (χ1n) is 4.95. The zero-order valence-corrected chi connectivity index (χ0v) is 8.55. The Bertz CT molecular complexity index is 338. The molecule has 0 aromatic heterocycles. The first-order chi connectivity index (χ1) is 6.68. The van der Waals surface area contributed by atoms with Gasteiger partial charge in [0.25, 0.3) is 0 Å². The van der Waals surface area contributed by atoms with Gasteiger partial charge < -0.3 is 10.2 Å². The molecule has 0 fully saturated rings. The van der Waals surface area contributed by atoms with Crippen LogP contribution in [-0.4, -0.2) is 19.6 Å². The summed E-state index contributed by atoms with van der Waals surface area (Å²) in [4.78, 5) is 2.19. The molecule has 1 unspecified atom stereocenters. The molecule has 1 heterocycles. The van der Waals surface area contributed by atoms with Gasteiger partial charge in [-0.15, -0.1) is 0 Å². The third kappa shape index (κ3) is 1.54. The molecule has 1 aliphatic rings.